The fourth-order valence-corrected chi connectivity index (χ4v) is 0.674. The number of rotatable bonds is 2. The summed E-state index contributed by atoms with van der Waals surface area (Å²) in [7, 11) is 1.28. The van der Waals surface area contributed by atoms with E-state index in [1.807, 2.05) is 0 Å². The number of nitrogens with two attached hydrogens (primary N) is 1. The molecule has 0 aliphatic rings. The lowest BCUT2D eigenvalue weighted by atomic mass is 10.5. The summed E-state index contributed by atoms with van der Waals surface area (Å²) in [6.07, 6.45) is 2.31. The molecule has 0 spiro atoms. The number of methoxy groups -OCH3 is 1. The van der Waals surface area contributed by atoms with Crippen molar-refractivity contribution in [2.24, 2.45) is 5.73 Å². The van der Waals surface area contributed by atoms with E-state index in [0.717, 1.165) is 0 Å². The van der Waals surface area contributed by atoms with Gasteiger partial charge in [0.25, 0.3) is 0 Å². The van der Waals surface area contributed by atoms with Crippen LogP contribution in [0.5, 0.6) is 0 Å². The van der Waals surface area contributed by atoms with Crippen molar-refractivity contribution in [2.75, 3.05) is 7.11 Å². The van der Waals surface area contributed by atoms with Gasteiger partial charge >= 0.3 is 5.97 Å². The highest BCUT2D eigenvalue weighted by Crippen LogP contribution is 1.97. The molecule has 2 N–H and O–H groups in total. The van der Waals surface area contributed by atoms with Crippen LogP contribution in [-0.4, -0.2) is 22.9 Å². The van der Waals surface area contributed by atoms with Crippen molar-refractivity contribution in [1.29, 1.82) is 0 Å². The number of hydrogen-bond acceptors (Lipinski definition) is 4. The Morgan fingerprint density at radius 3 is 2.83 bits per heavy atom. The molecule has 0 saturated heterocycles. The molecule has 0 unspecified atom stereocenters. The Hall–Kier alpha value is -1.07. The zero-order chi connectivity index (χ0) is 8.27. The van der Waals surface area contributed by atoms with Gasteiger partial charge in [0.2, 0.25) is 0 Å². The number of halogens is 1. The molecule has 0 fully saturated rings. The van der Waals surface area contributed by atoms with Crippen molar-refractivity contribution in [3.8, 4) is 0 Å². The maximum atomic E-state index is 10.8. The molecule has 1 aromatic rings. The monoisotopic (exact) mass is 191 g/mol. The smallest absolute Gasteiger partial charge is 0.345 e. The predicted octanol–water partition coefficient (Wildman–Crippen LogP) is -0.0648. The van der Waals surface area contributed by atoms with Crippen molar-refractivity contribution in [1.82, 2.24) is 9.78 Å². The minimum atomic E-state index is -0.838. The highest BCUT2D eigenvalue weighted by atomic mass is 35.5. The second-order valence-electron chi connectivity index (χ2n) is 1.95. The summed E-state index contributed by atoms with van der Waals surface area (Å²) in [6.45, 7) is 0. The zero-order valence-corrected chi connectivity index (χ0v) is 7.32. The zero-order valence-electron chi connectivity index (χ0n) is 6.51. The van der Waals surface area contributed by atoms with Crippen molar-refractivity contribution in [3.63, 3.8) is 0 Å². The molecule has 1 heterocycles. The quantitative estimate of drug-likeness (QED) is 0.665. The van der Waals surface area contributed by atoms with E-state index >= 15 is 0 Å². The van der Waals surface area contributed by atoms with Gasteiger partial charge in [-0.05, 0) is 6.07 Å². The molecule has 0 radical (unpaired) electrons. The highest BCUT2D eigenvalue weighted by molar-refractivity contribution is 5.85. The first-order valence-electron chi connectivity index (χ1n) is 3.08. The molecule has 1 atom stereocenters. The average Bonchev–Trinajstić information content (AvgIpc) is 2.53. The molecule has 5 nitrogen and oxygen atoms in total. The van der Waals surface area contributed by atoms with E-state index in [1.54, 1.807) is 18.5 Å². The first-order valence-corrected chi connectivity index (χ1v) is 3.08. The van der Waals surface area contributed by atoms with Gasteiger partial charge in [-0.3, -0.25) is 0 Å². The highest BCUT2D eigenvalue weighted by Gasteiger charge is 2.14. The van der Waals surface area contributed by atoms with E-state index in [0.29, 0.717) is 0 Å². The van der Waals surface area contributed by atoms with Gasteiger partial charge in [0.15, 0.2) is 6.17 Å². The third-order valence-electron chi connectivity index (χ3n) is 1.25. The topological polar surface area (TPSA) is 70.1 Å². The van der Waals surface area contributed by atoms with Crippen LogP contribution in [0.1, 0.15) is 6.17 Å². The molecule has 0 saturated carbocycles. The predicted molar refractivity (Wildman–Crippen MR) is 44.7 cm³/mol. The largest absolute Gasteiger partial charge is 0.466 e. The van der Waals surface area contributed by atoms with E-state index < -0.39 is 12.1 Å². The summed E-state index contributed by atoms with van der Waals surface area (Å²) in [5.74, 6) is -0.506. The normalized spacial score (nSPS) is 11.5. The number of ether oxygens (including phenoxy) is 1. The van der Waals surface area contributed by atoms with Crippen LogP contribution in [-0.2, 0) is 9.53 Å². The number of nitrogens with zero attached hydrogens (tertiary/aromatic N) is 2. The number of carbonyl (C=O) groups is 1. The van der Waals surface area contributed by atoms with E-state index in [4.69, 9.17) is 5.73 Å². The van der Waals surface area contributed by atoms with Crippen LogP contribution >= 0.6 is 12.4 Å². The lowest BCUT2D eigenvalue weighted by Gasteiger charge is -2.08. The first kappa shape index (κ1) is 10.9. The van der Waals surface area contributed by atoms with Gasteiger partial charge in [-0.15, -0.1) is 12.4 Å². The van der Waals surface area contributed by atoms with Crippen LogP contribution in [0.4, 0.5) is 0 Å². The molecule has 0 aliphatic heterocycles. The van der Waals surface area contributed by atoms with Gasteiger partial charge in [0.05, 0.1) is 7.11 Å². The molecule has 6 heteroatoms. The van der Waals surface area contributed by atoms with Crippen molar-refractivity contribution in [2.45, 2.75) is 6.17 Å². The van der Waals surface area contributed by atoms with Crippen LogP contribution in [0.2, 0.25) is 0 Å². The van der Waals surface area contributed by atoms with Crippen LogP contribution in [0, 0.1) is 0 Å². The Kier molecular flexibility index (Phi) is 4.31. The van der Waals surface area contributed by atoms with Crippen LogP contribution < -0.4 is 5.73 Å². The number of aromatic nitrogens is 2. The summed E-state index contributed by atoms with van der Waals surface area (Å²) in [5.41, 5.74) is 5.42. The Labute approximate surface area is 75.9 Å². The summed E-state index contributed by atoms with van der Waals surface area (Å²) >= 11 is 0. The molecule has 0 amide bonds. The van der Waals surface area contributed by atoms with E-state index in [1.165, 1.54) is 11.8 Å². The second kappa shape index (κ2) is 4.74. The minimum Gasteiger partial charge on any atom is -0.466 e. The molecular formula is C6H10ClN3O2. The fraction of sp³-hybridized carbons (Fsp3) is 0.333. The Balaban J connectivity index is 0.00000121. The van der Waals surface area contributed by atoms with Gasteiger partial charge in [-0.1, -0.05) is 0 Å². The van der Waals surface area contributed by atoms with E-state index in [2.05, 4.69) is 9.84 Å². The van der Waals surface area contributed by atoms with Gasteiger partial charge in [-0.25, -0.2) is 9.48 Å². The van der Waals surface area contributed by atoms with Crippen LogP contribution in [0.3, 0.4) is 0 Å². The SMILES string of the molecule is COC(=O)[C@H](N)n1cccn1.Cl. The molecule has 0 aliphatic carbocycles. The maximum Gasteiger partial charge on any atom is 0.345 e. The van der Waals surface area contributed by atoms with Gasteiger partial charge in [-0.2, -0.15) is 5.10 Å². The molecule has 1 rings (SSSR count). The van der Waals surface area contributed by atoms with E-state index in [9.17, 15) is 4.79 Å². The van der Waals surface area contributed by atoms with Crippen molar-refractivity contribution >= 4 is 18.4 Å². The summed E-state index contributed by atoms with van der Waals surface area (Å²) in [5, 5.41) is 3.78. The Morgan fingerprint density at radius 1 is 1.75 bits per heavy atom. The standard InChI is InChI=1S/C6H9N3O2.ClH/c1-11-6(10)5(7)9-4-2-3-8-9;/h2-5H,7H2,1H3;1H/t5-;/m1./s1. The number of esters is 1. The second-order valence-corrected chi connectivity index (χ2v) is 1.95. The number of hydrogen-bond donors (Lipinski definition) is 1. The lowest BCUT2D eigenvalue weighted by Crippen LogP contribution is -2.28. The van der Waals surface area contributed by atoms with E-state index in [-0.39, 0.29) is 12.4 Å². The maximum absolute atomic E-state index is 10.8. The summed E-state index contributed by atoms with van der Waals surface area (Å²) in [6, 6.07) is 1.68. The Bertz CT molecular complexity index is 237. The van der Waals surface area contributed by atoms with Gasteiger partial charge < -0.3 is 10.5 Å². The van der Waals surface area contributed by atoms with Crippen molar-refractivity contribution < 1.29 is 9.53 Å². The summed E-state index contributed by atoms with van der Waals surface area (Å²) < 4.78 is 5.74. The molecule has 68 valence electrons. The molecule has 0 bridgehead atoms. The Morgan fingerprint density at radius 2 is 2.42 bits per heavy atom. The lowest BCUT2D eigenvalue weighted by molar-refractivity contribution is -0.144. The molecule has 0 aromatic carbocycles. The minimum absolute atomic E-state index is 0. The van der Waals surface area contributed by atoms with Crippen molar-refractivity contribution in [3.05, 3.63) is 18.5 Å². The molecular weight excluding hydrogens is 182 g/mol. The van der Waals surface area contributed by atoms with Gasteiger partial charge in [0, 0.05) is 12.4 Å². The van der Waals surface area contributed by atoms with Crippen LogP contribution in [0.15, 0.2) is 18.5 Å². The third kappa shape index (κ3) is 2.21. The number of carbonyl (C=O) groups excluding carboxylic acids is 1. The third-order valence-corrected chi connectivity index (χ3v) is 1.25. The van der Waals surface area contributed by atoms with Gasteiger partial charge in [0.1, 0.15) is 0 Å². The molecule has 1 aromatic heterocycles. The molecule has 12 heavy (non-hydrogen) atoms. The van der Waals surface area contributed by atoms with Crippen LogP contribution in [0.25, 0.3) is 0 Å². The fourth-order valence-electron chi connectivity index (χ4n) is 0.674. The first-order chi connectivity index (χ1) is 5.25. The average molecular weight is 192 g/mol. The summed E-state index contributed by atoms with van der Waals surface area (Å²) in [4.78, 5) is 10.8.